The van der Waals surface area contributed by atoms with Crippen molar-refractivity contribution < 1.29 is 22.3 Å². The monoisotopic (exact) mass is 505 g/mol. The highest BCUT2D eigenvalue weighted by molar-refractivity contribution is 7.92. The molecule has 180 valence electrons. The first-order valence-electron chi connectivity index (χ1n) is 10.8. The molecule has 2 atom stereocenters. The number of carbonyl (C=O) groups excluding carboxylic acids is 1. The Kier molecular flexibility index (Phi) is 6.95. The fraction of sp³-hybridized carbons (Fsp3) is 0.333. The SMILES string of the molecule is COC(=O)C1C[C@@H](S(=O)(=O)c2ccc(F)cc2Cl)CN1c1cc(C)nn1CCc1ccccc1. The number of carbonyl (C=O) groups is 1. The summed E-state index contributed by atoms with van der Waals surface area (Å²) in [7, 11) is -2.67. The van der Waals surface area contributed by atoms with Crippen LogP contribution in [0.3, 0.4) is 0 Å². The van der Waals surface area contributed by atoms with Crippen LogP contribution < -0.4 is 4.90 Å². The Hall–Kier alpha value is -2.91. The maximum atomic E-state index is 13.5. The molecule has 0 spiro atoms. The van der Waals surface area contributed by atoms with Gasteiger partial charge in [-0.25, -0.2) is 22.3 Å². The van der Waals surface area contributed by atoms with Crippen molar-refractivity contribution in [2.45, 2.75) is 42.5 Å². The Labute approximate surface area is 203 Å². The predicted octanol–water partition coefficient (Wildman–Crippen LogP) is 3.82. The van der Waals surface area contributed by atoms with E-state index in [0.717, 1.165) is 35.9 Å². The molecule has 3 aromatic rings. The number of rotatable bonds is 7. The second-order valence-corrected chi connectivity index (χ2v) is 10.9. The van der Waals surface area contributed by atoms with E-state index >= 15 is 0 Å². The lowest BCUT2D eigenvalue weighted by atomic mass is 10.1. The Morgan fingerprint density at radius 2 is 1.94 bits per heavy atom. The van der Waals surface area contributed by atoms with Crippen LogP contribution in [0.4, 0.5) is 10.2 Å². The summed E-state index contributed by atoms with van der Waals surface area (Å²) in [6, 6.07) is 14.2. The van der Waals surface area contributed by atoms with Crippen LogP contribution in [0.1, 0.15) is 17.7 Å². The molecule has 1 saturated heterocycles. The van der Waals surface area contributed by atoms with E-state index in [9.17, 15) is 17.6 Å². The first-order valence-corrected chi connectivity index (χ1v) is 12.7. The van der Waals surface area contributed by atoms with Crippen molar-refractivity contribution in [2.24, 2.45) is 0 Å². The fourth-order valence-corrected chi connectivity index (χ4v) is 6.56. The molecule has 0 radical (unpaired) electrons. The number of hydrogen-bond acceptors (Lipinski definition) is 6. The van der Waals surface area contributed by atoms with E-state index in [1.165, 1.54) is 7.11 Å². The molecule has 2 aromatic carbocycles. The highest BCUT2D eigenvalue weighted by Gasteiger charge is 2.45. The molecule has 1 aromatic heterocycles. The minimum absolute atomic E-state index is 0.0195. The lowest BCUT2D eigenvalue weighted by Gasteiger charge is -2.25. The molecule has 1 unspecified atom stereocenters. The molecule has 7 nitrogen and oxygen atoms in total. The molecule has 1 aliphatic rings. The van der Waals surface area contributed by atoms with Crippen LogP contribution in [0, 0.1) is 12.7 Å². The van der Waals surface area contributed by atoms with Crippen molar-refractivity contribution in [3.63, 3.8) is 0 Å². The lowest BCUT2D eigenvalue weighted by Crippen LogP contribution is -2.38. The average Bonchev–Trinajstić information content (AvgIpc) is 3.41. The van der Waals surface area contributed by atoms with Crippen molar-refractivity contribution >= 4 is 33.2 Å². The van der Waals surface area contributed by atoms with E-state index in [2.05, 4.69) is 5.10 Å². The van der Waals surface area contributed by atoms with Crippen molar-refractivity contribution in [2.75, 3.05) is 18.6 Å². The topological polar surface area (TPSA) is 81.5 Å². The minimum atomic E-state index is -3.94. The molecule has 10 heteroatoms. The van der Waals surface area contributed by atoms with Crippen LogP contribution >= 0.6 is 11.6 Å². The van der Waals surface area contributed by atoms with Crippen LogP contribution in [-0.2, 0) is 32.3 Å². The number of aryl methyl sites for hydroxylation is 3. The third kappa shape index (κ3) is 4.81. The van der Waals surface area contributed by atoms with Crippen molar-refractivity contribution in [3.05, 3.63) is 76.7 Å². The molecule has 0 N–H and O–H groups in total. The van der Waals surface area contributed by atoms with Gasteiger partial charge in [0.1, 0.15) is 17.7 Å². The van der Waals surface area contributed by atoms with Gasteiger partial charge in [0.25, 0.3) is 0 Å². The van der Waals surface area contributed by atoms with E-state index in [1.54, 1.807) is 9.58 Å². The summed E-state index contributed by atoms with van der Waals surface area (Å²) in [5.41, 5.74) is 1.89. The summed E-state index contributed by atoms with van der Waals surface area (Å²) in [6.45, 7) is 2.45. The Bertz CT molecular complexity index is 1300. The van der Waals surface area contributed by atoms with E-state index in [-0.39, 0.29) is 22.9 Å². The first kappa shape index (κ1) is 24.2. The Morgan fingerprint density at radius 1 is 1.21 bits per heavy atom. The second-order valence-electron chi connectivity index (χ2n) is 8.27. The number of nitrogens with zero attached hydrogens (tertiary/aromatic N) is 3. The van der Waals surface area contributed by atoms with Crippen LogP contribution in [0.15, 0.2) is 59.5 Å². The number of methoxy groups -OCH3 is 1. The third-order valence-corrected chi connectivity index (χ3v) is 8.62. The largest absolute Gasteiger partial charge is 0.467 e. The van der Waals surface area contributed by atoms with Gasteiger partial charge in [0.05, 0.1) is 28.0 Å². The summed E-state index contributed by atoms with van der Waals surface area (Å²) in [6.07, 6.45) is 0.740. The number of anilines is 1. The Balaban J connectivity index is 1.65. The third-order valence-electron chi connectivity index (χ3n) is 6.01. The zero-order chi connectivity index (χ0) is 24.5. The molecular formula is C24H25ClFN3O4S. The van der Waals surface area contributed by atoms with E-state index in [1.807, 2.05) is 43.3 Å². The number of esters is 1. The molecule has 34 heavy (non-hydrogen) atoms. The average molecular weight is 506 g/mol. The van der Waals surface area contributed by atoms with Crippen LogP contribution in [-0.4, -0.2) is 49.1 Å². The van der Waals surface area contributed by atoms with Crippen LogP contribution in [0.2, 0.25) is 5.02 Å². The van der Waals surface area contributed by atoms with Gasteiger partial charge in [-0.05, 0) is 43.5 Å². The summed E-state index contributed by atoms with van der Waals surface area (Å²) >= 11 is 6.06. The van der Waals surface area contributed by atoms with Gasteiger partial charge in [-0.2, -0.15) is 5.10 Å². The predicted molar refractivity (Wildman–Crippen MR) is 127 cm³/mol. The van der Waals surface area contributed by atoms with Gasteiger partial charge in [-0.15, -0.1) is 0 Å². The molecule has 4 rings (SSSR count). The van der Waals surface area contributed by atoms with E-state index in [0.29, 0.717) is 12.4 Å². The van der Waals surface area contributed by atoms with E-state index < -0.39 is 32.9 Å². The van der Waals surface area contributed by atoms with Crippen LogP contribution in [0.25, 0.3) is 0 Å². The van der Waals surface area contributed by atoms with Gasteiger partial charge >= 0.3 is 5.97 Å². The van der Waals surface area contributed by atoms with Gasteiger partial charge in [-0.3, -0.25) is 0 Å². The van der Waals surface area contributed by atoms with Gasteiger partial charge in [0, 0.05) is 19.2 Å². The van der Waals surface area contributed by atoms with Crippen molar-refractivity contribution in [1.29, 1.82) is 0 Å². The zero-order valence-electron chi connectivity index (χ0n) is 18.8. The molecule has 0 amide bonds. The smallest absolute Gasteiger partial charge is 0.328 e. The molecule has 1 aliphatic heterocycles. The van der Waals surface area contributed by atoms with E-state index in [4.69, 9.17) is 16.3 Å². The first-order chi connectivity index (χ1) is 16.2. The standard InChI is InChI=1S/C24H25ClFN3O4S/c1-16-12-23(29(27-16)11-10-17-6-4-3-5-7-17)28-15-19(14-21(28)24(30)33-2)34(31,32)22-9-8-18(26)13-20(22)25/h3-9,12-13,19,21H,10-11,14-15H2,1-2H3/t19-,21?/m1/s1. The number of benzene rings is 2. The maximum absolute atomic E-state index is 13.5. The molecule has 2 heterocycles. The molecule has 1 fully saturated rings. The molecule has 0 aliphatic carbocycles. The summed E-state index contributed by atoms with van der Waals surface area (Å²) in [5.74, 6) is -0.509. The number of aromatic nitrogens is 2. The maximum Gasteiger partial charge on any atom is 0.328 e. The van der Waals surface area contributed by atoms with Crippen molar-refractivity contribution in [1.82, 2.24) is 9.78 Å². The highest BCUT2D eigenvalue weighted by atomic mass is 35.5. The van der Waals surface area contributed by atoms with Crippen LogP contribution in [0.5, 0.6) is 0 Å². The molecular weight excluding hydrogens is 481 g/mol. The summed E-state index contributed by atoms with van der Waals surface area (Å²) in [5, 5.41) is 3.45. The van der Waals surface area contributed by atoms with Gasteiger partial charge in [0.15, 0.2) is 9.84 Å². The zero-order valence-corrected chi connectivity index (χ0v) is 20.4. The normalized spacial score (nSPS) is 18.3. The number of ether oxygens (including phenoxy) is 1. The minimum Gasteiger partial charge on any atom is -0.467 e. The molecule has 0 bridgehead atoms. The van der Waals surface area contributed by atoms with Crippen molar-refractivity contribution in [3.8, 4) is 0 Å². The second kappa shape index (κ2) is 9.76. The summed E-state index contributed by atoms with van der Waals surface area (Å²) in [4.78, 5) is 14.2. The van der Waals surface area contributed by atoms with Gasteiger partial charge in [0.2, 0.25) is 0 Å². The fourth-order valence-electron chi connectivity index (χ4n) is 4.33. The summed E-state index contributed by atoms with van der Waals surface area (Å²) < 4.78 is 47.1. The van der Waals surface area contributed by atoms with Gasteiger partial charge < -0.3 is 9.64 Å². The Morgan fingerprint density at radius 3 is 2.62 bits per heavy atom. The number of halogens is 2. The molecule has 0 saturated carbocycles. The number of hydrogen-bond donors (Lipinski definition) is 0. The highest BCUT2D eigenvalue weighted by Crippen LogP contribution is 2.35. The number of sulfone groups is 1. The van der Waals surface area contributed by atoms with Gasteiger partial charge in [-0.1, -0.05) is 41.9 Å². The quantitative estimate of drug-likeness (QED) is 0.358. The lowest BCUT2D eigenvalue weighted by molar-refractivity contribution is -0.141.